The fourth-order valence-electron chi connectivity index (χ4n) is 2.06. The van der Waals surface area contributed by atoms with Gasteiger partial charge in [-0.25, -0.2) is 0 Å². The molecule has 1 unspecified atom stereocenters. The zero-order valence-corrected chi connectivity index (χ0v) is 14.8. The topological polar surface area (TPSA) is 90.9 Å². The lowest BCUT2D eigenvalue weighted by Gasteiger charge is -2.21. The Kier molecular flexibility index (Phi) is 5.59. The summed E-state index contributed by atoms with van der Waals surface area (Å²) in [5.74, 6) is -0.319. The van der Waals surface area contributed by atoms with Crippen LogP contribution in [0.15, 0.2) is 28.9 Å². The first kappa shape index (κ1) is 20.4. The number of benzene rings is 1. The van der Waals surface area contributed by atoms with Crippen molar-refractivity contribution >= 4 is 27.5 Å². The van der Waals surface area contributed by atoms with Crippen LogP contribution >= 0.6 is 15.9 Å². The second-order valence-electron chi connectivity index (χ2n) is 5.29. The van der Waals surface area contributed by atoms with Gasteiger partial charge in [0, 0.05) is 11.9 Å². The molecule has 0 radical (unpaired) electrons. The van der Waals surface area contributed by atoms with E-state index in [1.165, 1.54) is 6.07 Å². The molecule has 0 aliphatic heterocycles. The van der Waals surface area contributed by atoms with Crippen LogP contribution in [0.25, 0.3) is 0 Å². The number of halogens is 5. The van der Waals surface area contributed by atoms with Crippen molar-refractivity contribution in [3.8, 4) is 18.4 Å². The summed E-state index contributed by atoms with van der Waals surface area (Å²) >= 11 is 2.85. The molecule has 0 bridgehead atoms. The van der Waals surface area contributed by atoms with Crippen LogP contribution in [0.2, 0.25) is 0 Å². The fraction of sp³-hybridized carbons (Fsp3) is 0.188. The predicted octanol–water partition coefficient (Wildman–Crippen LogP) is 2.68. The normalized spacial score (nSPS) is 13.3. The van der Waals surface area contributed by atoms with Crippen molar-refractivity contribution in [1.29, 1.82) is 5.26 Å². The summed E-state index contributed by atoms with van der Waals surface area (Å²) in [6, 6.07) is 3.85. The molecule has 2 rings (SSSR count). The molecule has 1 amide bonds. The lowest BCUT2D eigenvalue weighted by atomic mass is 10.0. The summed E-state index contributed by atoms with van der Waals surface area (Å²) in [5, 5.41) is 24.5. The number of nitrogens with zero attached hydrogens (tertiary/aromatic N) is 3. The summed E-state index contributed by atoms with van der Waals surface area (Å²) in [4.78, 5) is 12.3. The van der Waals surface area contributed by atoms with Gasteiger partial charge in [-0.05, 0) is 34.1 Å². The van der Waals surface area contributed by atoms with Crippen LogP contribution in [0, 0.1) is 29.6 Å². The Morgan fingerprint density at radius 2 is 2.11 bits per heavy atom. The van der Waals surface area contributed by atoms with Gasteiger partial charge in [0.15, 0.2) is 0 Å². The number of terminal acetylenes is 1. The van der Waals surface area contributed by atoms with Gasteiger partial charge in [-0.3, -0.25) is 9.48 Å². The molecule has 0 saturated carbocycles. The van der Waals surface area contributed by atoms with Crippen molar-refractivity contribution in [3.05, 3.63) is 45.9 Å². The molecular weight excluding hydrogens is 436 g/mol. The molecule has 0 fully saturated rings. The molecule has 0 spiro atoms. The highest BCUT2D eigenvalue weighted by Gasteiger charge is 2.37. The number of alkyl halides is 3. The van der Waals surface area contributed by atoms with Gasteiger partial charge >= 0.3 is 6.18 Å². The number of aromatic nitrogens is 2. The Morgan fingerprint density at radius 3 is 2.59 bits per heavy atom. The minimum Gasteiger partial charge on any atom is -0.368 e. The Labute approximate surface area is 158 Å². The van der Waals surface area contributed by atoms with Gasteiger partial charge < -0.3 is 10.4 Å². The number of carbonyl (C=O) groups excluding carboxylic acids is 1. The number of aliphatic hydroxyl groups is 1. The molecular formula is C16H9BrF4N4O2. The van der Waals surface area contributed by atoms with E-state index in [0.29, 0.717) is 6.07 Å². The number of rotatable bonds is 4. The van der Waals surface area contributed by atoms with Crippen LogP contribution in [0.5, 0.6) is 0 Å². The highest BCUT2D eigenvalue weighted by Crippen LogP contribution is 2.33. The first-order chi connectivity index (χ1) is 12.5. The van der Waals surface area contributed by atoms with Crippen molar-refractivity contribution in [2.75, 3.05) is 5.32 Å². The number of hydrogen-bond acceptors (Lipinski definition) is 4. The van der Waals surface area contributed by atoms with E-state index in [0.717, 1.165) is 23.0 Å². The highest BCUT2D eigenvalue weighted by molar-refractivity contribution is 9.10. The molecule has 1 heterocycles. The van der Waals surface area contributed by atoms with Crippen LogP contribution in [0.4, 0.5) is 23.2 Å². The van der Waals surface area contributed by atoms with Crippen molar-refractivity contribution in [2.24, 2.45) is 0 Å². The molecule has 1 aromatic carbocycles. The fourth-order valence-corrected chi connectivity index (χ4v) is 2.38. The van der Waals surface area contributed by atoms with E-state index in [4.69, 9.17) is 11.7 Å². The number of nitrogens with one attached hydrogen (secondary N) is 1. The molecule has 0 aliphatic rings. The summed E-state index contributed by atoms with van der Waals surface area (Å²) in [6.45, 7) is -0.653. The number of carbonyl (C=O) groups is 1. The van der Waals surface area contributed by atoms with E-state index in [-0.39, 0.29) is 10.2 Å². The maximum atomic E-state index is 13.2. The van der Waals surface area contributed by atoms with Crippen LogP contribution in [0.3, 0.4) is 0 Å². The summed E-state index contributed by atoms with van der Waals surface area (Å²) in [6.07, 6.45) is 1.46. The molecule has 140 valence electrons. The Morgan fingerprint density at radius 1 is 1.44 bits per heavy atom. The molecule has 0 saturated heterocycles. The lowest BCUT2D eigenvalue weighted by Crippen LogP contribution is -2.45. The molecule has 2 aromatic rings. The van der Waals surface area contributed by atoms with Crippen molar-refractivity contribution in [2.45, 2.75) is 18.3 Å². The molecule has 2 N–H and O–H groups in total. The SMILES string of the molecule is C#CC(O)(Cn1cc(Br)c(F)n1)C(=O)Nc1ccc(C#N)c(C(F)(F)F)c1. The van der Waals surface area contributed by atoms with Gasteiger partial charge in [-0.2, -0.15) is 22.8 Å². The van der Waals surface area contributed by atoms with E-state index < -0.39 is 41.3 Å². The third-order valence-electron chi connectivity index (χ3n) is 3.38. The Bertz CT molecular complexity index is 955. The highest BCUT2D eigenvalue weighted by atomic mass is 79.9. The minimum atomic E-state index is -4.83. The van der Waals surface area contributed by atoms with Crippen LogP contribution in [0.1, 0.15) is 11.1 Å². The smallest absolute Gasteiger partial charge is 0.368 e. The number of nitriles is 1. The van der Waals surface area contributed by atoms with Crippen LogP contribution < -0.4 is 5.32 Å². The molecule has 27 heavy (non-hydrogen) atoms. The molecule has 0 aliphatic carbocycles. The van der Waals surface area contributed by atoms with Gasteiger partial charge in [-0.1, -0.05) is 5.92 Å². The quantitative estimate of drug-likeness (QED) is 0.560. The second-order valence-corrected chi connectivity index (χ2v) is 6.15. The number of anilines is 1. The first-order valence-electron chi connectivity index (χ1n) is 7.01. The summed E-state index contributed by atoms with van der Waals surface area (Å²) in [7, 11) is 0. The van der Waals surface area contributed by atoms with Gasteiger partial charge in [0.05, 0.1) is 28.2 Å². The zero-order valence-electron chi connectivity index (χ0n) is 13.2. The largest absolute Gasteiger partial charge is 0.417 e. The average Bonchev–Trinajstić information content (AvgIpc) is 2.91. The Hall–Kier alpha value is -2.89. The van der Waals surface area contributed by atoms with Gasteiger partial charge in [0.25, 0.3) is 5.91 Å². The zero-order chi connectivity index (χ0) is 20.4. The van der Waals surface area contributed by atoms with Crippen LogP contribution in [-0.2, 0) is 17.5 Å². The minimum absolute atomic E-state index is 0.0378. The van der Waals surface area contributed by atoms with Gasteiger partial charge in [-0.15, -0.1) is 11.5 Å². The molecule has 1 aromatic heterocycles. The van der Waals surface area contributed by atoms with Crippen molar-refractivity contribution in [1.82, 2.24) is 9.78 Å². The van der Waals surface area contributed by atoms with E-state index in [9.17, 15) is 27.5 Å². The molecule has 1 atom stereocenters. The maximum absolute atomic E-state index is 13.2. The first-order valence-corrected chi connectivity index (χ1v) is 7.81. The van der Waals surface area contributed by atoms with E-state index in [2.05, 4.69) is 26.3 Å². The third-order valence-corrected chi connectivity index (χ3v) is 3.92. The van der Waals surface area contributed by atoms with E-state index in [1.807, 2.05) is 5.92 Å². The standard InChI is InChI=1S/C16H9BrF4N4O2/c1-2-15(27,8-25-7-12(17)13(18)24-25)14(26)23-10-4-3-9(6-22)11(5-10)16(19,20)21/h1,3-5,7,27H,8H2,(H,23,26). The number of amides is 1. The third kappa shape index (κ3) is 4.45. The Balaban J connectivity index is 2.29. The van der Waals surface area contributed by atoms with E-state index >= 15 is 0 Å². The van der Waals surface area contributed by atoms with Crippen molar-refractivity contribution < 1.29 is 27.5 Å². The number of hydrogen-bond donors (Lipinski definition) is 2. The van der Waals surface area contributed by atoms with Crippen LogP contribution in [-0.4, -0.2) is 26.4 Å². The summed E-state index contributed by atoms with van der Waals surface area (Å²) < 4.78 is 53.0. The summed E-state index contributed by atoms with van der Waals surface area (Å²) in [5.41, 5.74) is -4.76. The van der Waals surface area contributed by atoms with Gasteiger partial charge in [0.2, 0.25) is 11.5 Å². The lowest BCUT2D eigenvalue weighted by molar-refractivity contribution is -0.137. The average molecular weight is 445 g/mol. The monoisotopic (exact) mass is 444 g/mol. The van der Waals surface area contributed by atoms with Crippen molar-refractivity contribution in [3.63, 3.8) is 0 Å². The predicted molar refractivity (Wildman–Crippen MR) is 88.5 cm³/mol. The maximum Gasteiger partial charge on any atom is 0.417 e. The molecule has 11 heteroatoms. The van der Waals surface area contributed by atoms with Gasteiger partial charge in [0.1, 0.15) is 0 Å². The molecule has 6 nitrogen and oxygen atoms in total. The van der Waals surface area contributed by atoms with E-state index in [1.54, 1.807) is 0 Å². The second kappa shape index (κ2) is 7.39.